The van der Waals surface area contributed by atoms with Gasteiger partial charge in [-0.15, -0.1) is 11.3 Å². The molecule has 1 unspecified atom stereocenters. The van der Waals surface area contributed by atoms with E-state index in [1.54, 1.807) is 0 Å². The van der Waals surface area contributed by atoms with Crippen LogP contribution in [0.25, 0.3) is 0 Å². The molecule has 0 saturated carbocycles. The third-order valence-electron chi connectivity index (χ3n) is 4.29. The Morgan fingerprint density at radius 2 is 1.83 bits per heavy atom. The summed E-state index contributed by atoms with van der Waals surface area (Å²) in [5.41, 5.74) is 1.34. The molecular formula is C18H20N2O3S. The molecule has 24 heavy (non-hydrogen) atoms. The topological polar surface area (TPSA) is 78.4 Å². The van der Waals surface area contributed by atoms with Gasteiger partial charge in [-0.05, 0) is 35.4 Å². The first-order valence-electron chi connectivity index (χ1n) is 7.93. The molecule has 0 aliphatic heterocycles. The van der Waals surface area contributed by atoms with Crippen molar-refractivity contribution in [2.24, 2.45) is 0 Å². The zero-order valence-electron chi connectivity index (χ0n) is 13.2. The highest BCUT2D eigenvalue weighted by atomic mass is 32.1. The van der Waals surface area contributed by atoms with Crippen LogP contribution in [0.3, 0.4) is 0 Å². The van der Waals surface area contributed by atoms with Crippen molar-refractivity contribution in [3.8, 4) is 0 Å². The summed E-state index contributed by atoms with van der Waals surface area (Å²) < 4.78 is 0. The molecule has 2 amide bonds. The van der Waals surface area contributed by atoms with Crippen molar-refractivity contribution in [1.82, 2.24) is 10.6 Å². The summed E-state index contributed by atoms with van der Waals surface area (Å²) in [6.45, 7) is 0.411. The molecule has 0 spiro atoms. The van der Waals surface area contributed by atoms with E-state index in [2.05, 4.69) is 16.7 Å². The van der Waals surface area contributed by atoms with Crippen LogP contribution < -0.4 is 10.6 Å². The highest BCUT2D eigenvalue weighted by molar-refractivity contribution is 7.09. The SMILES string of the molecule is O=C(NCc1cccs1)C(=O)NCC1(O)CCc2ccccc2C1. The number of amides is 2. The van der Waals surface area contributed by atoms with Gasteiger partial charge in [-0.2, -0.15) is 0 Å². The summed E-state index contributed by atoms with van der Waals surface area (Å²) in [5.74, 6) is -1.39. The molecule has 0 radical (unpaired) electrons. The minimum atomic E-state index is -1.00. The smallest absolute Gasteiger partial charge is 0.309 e. The number of thiophene rings is 1. The summed E-state index contributed by atoms with van der Waals surface area (Å²) in [6, 6.07) is 11.8. The van der Waals surface area contributed by atoms with Crippen molar-refractivity contribution in [2.45, 2.75) is 31.4 Å². The van der Waals surface area contributed by atoms with E-state index in [0.717, 1.165) is 16.9 Å². The molecule has 1 aliphatic carbocycles. The normalized spacial score (nSPS) is 19.4. The molecule has 3 N–H and O–H groups in total. The predicted molar refractivity (Wildman–Crippen MR) is 92.6 cm³/mol. The van der Waals surface area contributed by atoms with Gasteiger partial charge in [0.25, 0.3) is 0 Å². The average molecular weight is 344 g/mol. The average Bonchev–Trinajstić information content (AvgIpc) is 3.11. The fraction of sp³-hybridized carbons (Fsp3) is 0.333. The second kappa shape index (κ2) is 7.15. The molecule has 1 aromatic heterocycles. The number of fused-ring (bicyclic) bond motifs is 1. The molecule has 1 aromatic carbocycles. The second-order valence-corrected chi connectivity index (χ2v) is 7.15. The quantitative estimate of drug-likeness (QED) is 0.734. The zero-order chi connectivity index (χ0) is 17.0. The second-order valence-electron chi connectivity index (χ2n) is 6.11. The molecule has 1 atom stereocenters. The molecule has 6 heteroatoms. The number of nitrogens with one attached hydrogen (secondary N) is 2. The Balaban J connectivity index is 1.49. The summed E-state index contributed by atoms with van der Waals surface area (Å²) in [6.07, 6.45) is 1.83. The maximum Gasteiger partial charge on any atom is 0.309 e. The number of hydrogen-bond acceptors (Lipinski definition) is 4. The summed E-state index contributed by atoms with van der Waals surface area (Å²) in [5, 5.41) is 17.7. The maximum absolute atomic E-state index is 11.9. The lowest BCUT2D eigenvalue weighted by Crippen LogP contribution is -2.49. The molecule has 5 nitrogen and oxygen atoms in total. The highest BCUT2D eigenvalue weighted by Crippen LogP contribution is 2.28. The van der Waals surface area contributed by atoms with E-state index < -0.39 is 17.4 Å². The number of aryl methyl sites for hydroxylation is 1. The van der Waals surface area contributed by atoms with Gasteiger partial charge in [0, 0.05) is 17.8 Å². The van der Waals surface area contributed by atoms with Gasteiger partial charge in [0.05, 0.1) is 12.1 Å². The van der Waals surface area contributed by atoms with Gasteiger partial charge in [-0.1, -0.05) is 30.3 Å². The maximum atomic E-state index is 11.9. The first kappa shape index (κ1) is 16.7. The summed E-state index contributed by atoms with van der Waals surface area (Å²) in [7, 11) is 0. The number of hydrogen-bond donors (Lipinski definition) is 3. The molecule has 3 rings (SSSR count). The van der Waals surface area contributed by atoms with Gasteiger partial charge in [-0.3, -0.25) is 9.59 Å². The number of carbonyl (C=O) groups is 2. The van der Waals surface area contributed by atoms with Gasteiger partial charge in [0.1, 0.15) is 0 Å². The Morgan fingerprint density at radius 1 is 1.08 bits per heavy atom. The van der Waals surface area contributed by atoms with E-state index >= 15 is 0 Å². The van der Waals surface area contributed by atoms with E-state index in [-0.39, 0.29) is 6.54 Å². The molecule has 1 heterocycles. The van der Waals surface area contributed by atoms with E-state index in [9.17, 15) is 14.7 Å². The molecular weight excluding hydrogens is 324 g/mol. The Bertz CT molecular complexity index is 730. The van der Waals surface area contributed by atoms with Crippen LogP contribution in [0.15, 0.2) is 41.8 Å². The van der Waals surface area contributed by atoms with E-state index in [0.29, 0.717) is 19.4 Å². The van der Waals surface area contributed by atoms with Crippen molar-refractivity contribution in [3.63, 3.8) is 0 Å². The predicted octanol–water partition coefficient (Wildman–Crippen LogP) is 1.40. The van der Waals surface area contributed by atoms with Crippen molar-refractivity contribution in [2.75, 3.05) is 6.54 Å². The van der Waals surface area contributed by atoms with Gasteiger partial charge in [0.2, 0.25) is 0 Å². The van der Waals surface area contributed by atoms with Crippen LogP contribution in [0.2, 0.25) is 0 Å². The number of benzene rings is 1. The number of aliphatic hydroxyl groups is 1. The Hall–Kier alpha value is -2.18. The third kappa shape index (κ3) is 4.01. The van der Waals surface area contributed by atoms with Crippen LogP contribution in [0.5, 0.6) is 0 Å². The summed E-state index contributed by atoms with van der Waals surface area (Å²) in [4.78, 5) is 24.7. The molecule has 2 aromatic rings. The Morgan fingerprint density at radius 3 is 2.58 bits per heavy atom. The van der Waals surface area contributed by atoms with Crippen LogP contribution in [0.1, 0.15) is 22.4 Å². The van der Waals surface area contributed by atoms with Gasteiger partial charge in [-0.25, -0.2) is 0 Å². The third-order valence-corrected chi connectivity index (χ3v) is 5.16. The van der Waals surface area contributed by atoms with Crippen molar-refractivity contribution in [3.05, 3.63) is 57.8 Å². The van der Waals surface area contributed by atoms with Crippen molar-refractivity contribution >= 4 is 23.2 Å². The fourth-order valence-electron chi connectivity index (χ4n) is 2.92. The fourth-order valence-corrected chi connectivity index (χ4v) is 3.57. The lowest BCUT2D eigenvalue weighted by molar-refractivity contribution is -0.140. The van der Waals surface area contributed by atoms with Gasteiger partial charge >= 0.3 is 11.8 Å². The monoisotopic (exact) mass is 344 g/mol. The first-order chi connectivity index (χ1) is 11.6. The lowest BCUT2D eigenvalue weighted by Gasteiger charge is -2.33. The van der Waals surface area contributed by atoms with E-state index in [4.69, 9.17) is 0 Å². The van der Waals surface area contributed by atoms with Crippen LogP contribution in [-0.4, -0.2) is 29.1 Å². The molecule has 0 fully saturated rings. The van der Waals surface area contributed by atoms with Gasteiger partial charge < -0.3 is 15.7 Å². The molecule has 0 bridgehead atoms. The highest BCUT2D eigenvalue weighted by Gasteiger charge is 2.32. The molecule has 1 aliphatic rings. The zero-order valence-corrected chi connectivity index (χ0v) is 14.1. The van der Waals surface area contributed by atoms with Crippen LogP contribution in [0.4, 0.5) is 0 Å². The molecule has 126 valence electrons. The first-order valence-corrected chi connectivity index (χ1v) is 8.81. The van der Waals surface area contributed by atoms with E-state index in [1.165, 1.54) is 16.9 Å². The Kier molecular flexibility index (Phi) is 4.97. The minimum absolute atomic E-state index is 0.0760. The van der Waals surface area contributed by atoms with Crippen LogP contribution in [-0.2, 0) is 29.0 Å². The van der Waals surface area contributed by atoms with Crippen molar-refractivity contribution < 1.29 is 14.7 Å². The van der Waals surface area contributed by atoms with Gasteiger partial charge in [0.15, 0.2) is 0 Å². The van der Waals surface area contributed by atoms with Crippen LogP contribution >= 0.6 is 11.3 Å². The van der Waals surface area contributed by atoms with Crippen LogP contribution in [0, 0.1) is 0 Å². The number of carbonyl (C=O) groups excluding carboxylic acids is 2. The Labute approximate surface area is 144 Å². The summed E-state index contributed by atoms with van der Waals surface area (Å²) >= 11 is 1.52. The number of rotatable bonds is 4. The van der Waals surface area contributed by atoms with E-state index in [1.807, 2.05) is 35.7 Å². The minimum Gasteiger partial charge on any atom is -0.388 e. The molecule has 0 saturated heterocycles. The largest absolute Gasteiger partial charge is 0.388 e. The van der Waals surface area contributed by atoms with Crippen molar-refractivity contribution in [1.29, 1.82) is 0 Å². The standard InChI is InChI=1S/C18H20N2O3S/c21-16(19-11-15-6-3-9-24-15)17(22)20-12-18(23)8-7-13-4-1-2-5-14(13)10-18/h1-6,9,23H,7-8,10-12H2,(H,19,21)(H,20,22). The lowest BCUT2D eigenvalue weighted by atomic mass is 9.80.